The Kier molecular flexibility index (Phi) is 6.30. The van der Waals surface area contributed by atoms with Crippen LogP contribution in [0.25, 0.3) is 11.3 Å². The van der Waals surface area contributed by atoms with Crippen molar-refractivity contribution < 1.29 is 0 Å². The van der Waals surface area contributed by atoms with Crippen LogP contribution in [-0.4, -0.2) is 4.98 Å². The highest BCUT2D eigenvalue weighted by atomic mass is 14.7. The Balaban J connectivity index is 1.77. The average Bonchev–Trinajstić information content (AvgIpc) is 2.52. The van der Waals surface area contributed by atoms with Crippen LogP contribution >= 0.6 is 0 Å². The largest absolute Gasteiger partial charge is 0.305 e. The van der Waals surface area contributed by atoms with E-state index in [1.54, 1.807) is 0 Å². The van der Waals surface area contributed by atoms with Gasteiger partial charge in [0.25, 0.3) is 0 Å². The van der Waals surface area contributed by atoms with E-state index >= 15 is 0 Å². The van der Waals surface area contributed by atoms with Crippen molar-refractivity contribution in [3.05, 3.63) is 54.2 Å². The molecule has 0 bridgehead atoms. The van der Waals surface area contributed by atoms with E-state index in [-0.39, 0.29) is 0 Å². The monoisotopic (exact) mass is 266 g/mol. The molecule has 0 saturated carbocycles. The molecule has 2 aromatic rings. The summed E-state index contributed by atoms with van der Waals surface area (Å²) in [4.78, 5) is 4.35. The smallest absolute Gasteiger partial charge is 0.0160 e. The SMILES string of the molecule is CCCCCCCCc1c[c-]c(-c2ccccn2)cc1. The van der Waals surface area contributed by atoms with Crippen LogP contribution in [0.5, 0.6) is 0 Å². The van der Waals surface area contributed by atoms with Gasteiger partial charge in [-0.05, 0) is 11.8 Å². The first-order valence-electron chi connectivity index (χ1n) is 7.82. The van der Waals surface area contributed by atoms with Gasteiger partial charge in [0.15, 0.2) is 0 Å². The molecule has 1 nitrogen and oxygen atoms in total. The molecule has 0 amide bonds. The average molecular weight is 266 g/mol. The lowest BCUT2D eigenvalue weighted by Gasteiger charge is -2.11. The van der Waals surface area contributed by atoms with E-state index in [4.69, 9.17) is 0 Å². The lowest BCUT2D eigenvalue weighted by atomic mass is 10.0. The van der Waals surface area contributed by atoms with Crippen LogP contribution in [0, 0.1) is 6.07 Å². The number of hydrogen-bond acceptors (Lipinski definition) is 1. The van der Waals surface area contributed by atoms with Crippen molar-refractivity contribution in [3.63, 3.8) is 0 Å². The van der Waals surface area contributed by atoms with Crippen molar-refractivity contribution in [2.75, 3.05) is 0 Å². The van der Waals surface area contributed by atoms with Gasteiger partial charge in [-0.1, -0.05) is 64.0 Å². The van der Waals surface area contributed by atoms with Gasteiger partial charge in [0.2, 0.25) is 0 Å². The molecule has 0 aliphatic heterocycles. The third-order valence-electron chi connectivity index (χ3n) is 3.64. The van der Waals surface area contributed by atoms with Gasteiger partial charge < -0.3 is 4.98 Å². The van der Waals surface area contributed by atoms with Crippen molar-refractivity contribution in [1.82, 2.24) is 4.98 Å². The first kappa shape index (κ1) is 14.8. The zero-order valence-electron chi connectivity index (χ0n) is 12.4. The molecule has 0 spiro atoms. The normalized spacial score (nSPS) is 10.7. The molecule has 2 rings (SSSR count). The summed E-state index contributed by atoms with van der Waals surface area (Å²) in [7, 11) is 0. The Morgan fingerprint density at radius 3 is 2.50 bits per heavy atom. The van der Waals surface area contributed by atoms with Gasteiger partial charge in [0.1, 0.15) is 0 Å². The Bertz CT molecular complexity index is 473. The molecule has 0 aliphatic rings. The van der Waals surface area contributed by atoms with Crippen molar-refractivity contribution in [1.29, 1.82) is 0 Å². The standard InChI is InChI=1S/C19H24N/c1-2-3-4-5-6-7-10-17-12-14-18(15-13-17)19-11-8-9-16-20-19/h8-9,11-14,16H,2-7,10H2,1H3/q-1. The zero-order chi connectivity index (χ0) is 14.0. The second-order valence-electron chi connectivity index (χ2n) is 5.34. The fraction of sp³-hybridized carbons (Fsp3) is 0.421. The summed E-state index contributed by atoms with van der Waals surface area (Å²) in [6.07, 6.45) is 11.1. The van der Waals surface area contributed by atoms with Gasteiger partial charge in [-0.2, -0.15) is 0 Å². The maximum absolute atomic E-state index is 4.35. The first-order chi connectivity index (χ1) is 9.90. The molecule has 1 heteroatoms. The summed E-state index contributed by atoms with van der Waals surface area (Å²) >= 11 is 0. The Hall–Kier alpha value is -1.63. The Labute approximate surface area is 123 Å². The van der Waals surface area contributed by atoms with Gasteiger partial charge in [-0.15, -0.1) is 35.4 Å². The molecule has 0 radical (unpaired) electrons. The predicted octanol–water partition coefficient (Wildman–Crippen LogP) is 5.45. The molecule has 0 atom stereocenters. The van der Waals surface area contributed by atoms with Gasteiger partial charge >= 0.3 is 0 Å². The van der Waals surface area contributed by atoms with Gasteiger partial charge in [-0.25, -0.2) is 0 Å². The summed E-state index contributed by atoms with van der Waals surface area (Å²) < 4.78 is 0. The second kappa shape index (κ2) is 8.52. The number of nitrogens with zero attached hydrogens (tertiary/aromatic N) is 1. The minimum absolute atomic E-state index is 0.999. The van der Waals surface area contributed by atoms with Crippen molar-refractivity contribution in [2.24, 2.45) is 0 Å². The lowest BCUT2D eigenvalue weighted by molar-refractivity contribution is 0.607. The Morgan fingerprint density at radius 2 is 1.80 bits per heavy atom. The number of rotatable bonds is 8. The molecule has 0 aliphatic carbocycles. The van der Waals surface area contributed by atoms with Crippen LogP contribution in [0.4, 0.5) is 0 Å². The van der Waals surface area contributed by atoms with Crippen LogP contribution in [0.2, 0.25) is 0 Å². The molecular formula is C19H24N-. The van der Waals surface area contributed by atoms with Crippen LogP contribution < -0.4 is 0 Å². The van der Waals surface area contributed by atoms with Crippen molar-refractivity contribution in [3.8, 4) is 11.3 Å². The highest BCUT2D eigenvalue weighted by Gasteiger charge is 1.93. The molecule has 1 aromatic heterocycles. The molecule has 106 valence electrons. The molecule has 0 fully saturated rings. The summed E-state index contributed by atoms with van der Waals surface area (Å²) in [6.45, 7) is 2.26. The predicted molar refractivity (Wildman–Crippen MR) is 85.6 cm³/mol. The topological polar surface area (TPSA) is 12.9 Å². The molecule has 20 heavy (non-hydrogen) atoms. The maximum Gasteiger partial charge on any atom is 0.0160 e. The quantitative estimate of drug-likeness (QED) is 0.457. The molecule has 0 N–H and O–H groups in total. The van der Waals surface area contributed by atoms with E-state index in [9.17, 15) is 0 Å². The minimum atomic E-state index is 0.999. The van der Waals surface area contributed by atoms with E-state index in [0.717, 1.165) is 11.3 Å². The van der Waals surface area contributed by atoms with Gasteiger partial charge in [-0.3, -0.25) is 0 Å². The number of aromatic nitrogens is 1. The van der Waals surface area contributed by atoms with Crippen LogP contribution in [0.15, 0.2) is 42.6 Å². The van der Waals surface area contributed by atoms with Crippen molar-refractivity contribution in [2.45, 2.75) is 51.9 Å². The third-order valence-corrected chi connectivity index (χ3v) is 3.64. The summed E-state index contributed by atoms with van der Waals surface area (Å²) in [5, 5.41) is 0. The summed E-state index contributed by atoms with van der Waals surface area (Å²) in [5.74, 6) is 0. The maximum atomic E-state index is 4.35. The molecule has 0 saturated heterocycles. The highest BCUT2D eigenvalue weighted by molar-refractivity contribution is 5.58. The number of unbranched alkanes of at least 4 members (excludes halogenated alkanes) is 5. The summed E-state index contributed by atoms with van der Waals surface area (Å²) in [5.41, 5.74) is 3.47. The van der Waals surface area contributed by atoms with Crippen LogP contribution in [0.3, 0.4) is 0 Å². The van der Waals surface area contributed by atoms with Gasteiger partial charge in [0, 0.05) is 6.20 Å². The van der Waals surface area contributed by atoms with Gasteiger partial charge in [0.05, 0.1) is 0 Å². The number of pyridine rings is 1. The lowest BCUT2D eigenvalue weighted by Crippen LogP contribution is -1.88. The van der Waals surface area contributed by atoms with E-state index in [1.807, 2.05) is 24.4 Å². The number of hydrogen-bond donors (Lipinski definition) is 0. The second-order valence-corrected chi connectivity index (χ2v) is 5.34. The minimum Gasteiger partial charge on any atom is -0.305 e. The number of benzene rings is 1. The zero-order valence-corrected chi connectivity index (χ0v) is 12.4. The fourth-order valence-corrected chi connectivity index (χ4v) is 2.40. The molecular weight excluding hydrogens is 242 g/mol. The van der Waals surface area contributed by atoms with E-state index in [2.05, 4.69) is 36.2 Å². The molecule has 1 aromatic carbocycles. The summed E-state index contributed by atoms with van der Waals surface area (Å²) in [6, 6.07) is 15.8. The van der Waals surface area contributed by atoms with E-state index in [1.165, 1.54) is 50.5 Å². The molecule has 1 heterocycles. The van der Waals surface area contributed by atoms with E-state index in [0.29, 0.717) is 0 Å². The number of aryl methyl sites for hydroxylation is 1. The first-order valence-corrected chi connectivity index (χ1v) is 7.82. The van der Waals surface area contributed by atoms with Crippen LogP contribution in [-0.2, 0) is 6.42 Å². The van der Waals surface area contributed by atoms with E-state index < -0.39 is 0 Å². The third kappa shape index (κ3) is 4.80. The molecule has 0 unspecified atom stereocenters. The highest BCUT2D eigenvalue weighted by Crippen LogP contribution is 2.17. The Morgan fingerprint density at radius 1 is 0.950 bits per heavy atom. The fourth-order valence-electron chi connectivity index (χ4n) is 2.40. The van der Waals surface area contributed by atoms with Crippen LogP contribution in [0.1, 0.15) is 51.0 Å². The van der Waals surface area contributed by atoms with Crippen molar-refractivity contribution >= 4 is 0 Å².